The largest absolute Gasteiger partial charge is 0.455 e. The molecule has 7 aromatic carbocycles. The van der Waals surface area contributed by atoms with E-state index in [1.807, 2.05) is 0 Å². The lowest BCUT2D eigenvalue weighted by Gasteiger charge is -2.35. The Balaban J connectivity index is 1.33. The van der Waals surface area contributed by atoms with Crippen LogP contribution in [0.2, 0.25) is 0 Å². The van der Waals surface area contributed by atoms with Gasteiger partial charge in [0, 0.05) is 27.3 Å². The van der Waals surface area contributed by atoms with E-state index in [9.17, 15) is 0 Å². The fourth-order valence-electron chi connectivity index (χ4n) is 8.70. The van der Waals surface area contributed by atoms with Gasteiger partial charge in [-0.3, -0.25) is 0 Å². The second kappa shape index (κ2) is 9.31. The number of hydrogen-bond acceptors (Lipinski definition) is 1. The highest BCUT2D eigenvalue weighted by atomic mass is 16.3. The van der Waals surface area contributed by atoms with Gasteiger partial charge in [0.25, 0.3) is 0 Å². The minimum Gasteiger partial charge on any atom is -0.455 e. The van der Waals surface area contributed by atoms with Crippen molar-refractivity contribution in [3.63, 3.8) is 0 Å². The molecule has 0 amide bonds. The highest BCUT2D eigenvalue weighted by molar-refractivity contribution is 6.19. The molecule has 0 fully saturated rings. The van der Waals surface area contributed by atoms with Gasteiger partial charge in [-0.05, 0) is 85.0 Å². The third-order valence-corrected chi connectivity index (χ3v) is 10.8. The zero-order valence-electron chi connectivity index (χ0n) is 26.0. The minimum atomic E-state index is -0.0823. The Hall–Kier alpha value is -5.40. The van der Waals surface area contributed by atoms with Crippen LogP contribution in [0.15, 0.2) is 132 Å². The average Bonchev–Trinajstić information content (AvgIpc) is 3.49. The molecule has 0 bridgehead atoms. The van der Waals surface area contributed by atoms with Gasteiger partial charge in [0.15, 0.2) is 0 Å². The number of fused-ring (bicyclic) bond motifs is 7. The van der Waals surface area contributed by atoms with E-state index in [1.54, 1.807) is 0 Å². The van der Waals surface area contributed by atoms with Crippen molar-refractivity contribution in [2.45, 2.75) is 32.1 Å². The molecular weight excluding hydrogens is 556 g/mol. The third kappa shape index (κ3) is 3.35. The summed E-state index contributed by atoms with van der Waals surface area (Å²) in [5.41, 5.74) is 15.2. The molecule has 0 aliphatic heterocycles. The average molecular weight is 589 g/mol. The fraction of sp³-hybridized carbons (Fsp3) is 0.111. The molecule has 0 N–H and O–H groups in total. The SMILES string of the molecule is CC1(C)c2ccccc2-c2ccc(-c3c4c(c(-c5cccc6c5oc5ccccc56)c5ccccc35)C=CCC4)c3cccc1c23. The maximum absolute atomic E-state index is 6.62. The van der Waals surface area contributed by atoms with Crippen LogP contribution in [-0.4, -0.2) is 0 Å². The first-order valence-electron chi connectivity index (χ1n) is 16.4. The summed E-state index contributed by atoms with van der Waals surface area (Å²) < 4.78 is 6.62. The van der Waals surface area contributed by atoms with Crippen LogP contribution in [0.3, 0.4) is 0 Å². The molecule has 0 atom stereocenters. The first-order valence-corrected chi connectivity index (χ1v) is 16.4. The summed E-state index contributed by atoms with van der Waals surface area (Å²) in [7, 11) is 0. The Morgan fingerprint density at radius 3 is 2.07 bits per heavy atom. The Morgan fingerprint density at radius 1 is 0.522 bits per heavy atom. The molecule has 2 aliphatic rings. The van der Waals surface area contributed by atoms with Crippen LogP contribution in [0.1, 0.15) is 42.5 Å². The summed E-state index contributed by atoms with van der Waals surface area (Å²) in [6, 6.07) is 44.8. The van der Waals surface area contributed by atoms with Gasteiger partial charge in [-0.1, -0.05) is 141 Å². The minimum absolute atomic E-state index is 0.0823. The maximum Gasteiger partial charge on any atom is 0.143 e. The van der Waals surface area contributed by atoms with Crippen LogP contribution in [0.5, 0.6) is 0 Å². The molecule has 0 saturated heterocycles. The van der Waals surface area contributed by atoms with Gasteiger partial charge in [0.2, 0.25) is 0 Å². The van der Waals surface area contributed by atoms with Crippen molar-refractivity contribution < 1.29 is 4.42 Å². The van der Waals surface area contributed by atoms with E-state index in [4.69, 9.17) is 4.42 Å². The number of rotatable bonds is 2. The van der Waals surface area contributed by atoms with Crippen LogP contribution < -0.4 is 0 Å². The van der Waals surface area contributed by atoms with Crippen molar-refractivity contribution in [1.82, 2.24) is 0 Å². The summed E-state index contributed by atoms with van der Waals surface area (Å²) in [5.74, 6) is 0. The summed E-state index contributed by atoms with van der Waals surface area (Å²) in [6.45, 7) is 4.76. The van der Waals surface area contributed by atoms with Crippen LogP contribution in [0.4, 0.5) is 0 Å². The maximum atomic E-state index is 6.62. The Kier molecular flexibility index (Phi) is 5.24. The van der Waals surface area contributed by atoms with E-state index in [2.05, 4.69) is 147 Å². The van der Waals surface area contributed by atoms with Crippen LogP contribution in [-0.2, 0) is 11.8 Å². The van der Waals surface area contributed by atoms with Crippen molar-refractivity contribution in [2.24, 2.45) is 0 Å². The zero-order chi connectivity index (χ0) is 30.6. The van der Waals surface area contributed by atoms with Gasteiger partial charge < -0.3 is 4.42 Å². The molecule has 1 nitrogen and oxygen atoms in total. The Morgan fingerprint density at radius 2 is 1.17 bits per heavy atom. The predicted octanol–water partition coefficient (Wildman–Crippen LogP) is 12.5. The monoisotopic (exact) mass is 588 g/mol. The van der Waals surface area contributed by atoms with E-state index in [-0.39, 0.29) is 5.41 Å². The highest BCUT2D eigenvalue weighted by Crippen LogP contribution is 2.53. The predicted molar refractivity (Wildman–Crippen MR) is 195 cm³/mol. The van der Waals surface area contributed by atoms with Crippen molar-refractivity contribution >= 4 is 49.6 Å². The molecule has 0 radical (unpaired) electrons. The normalized spacial score (nSPS) is 14.7. The van der Waals surface area contributed by atoms with Gasteiger partial charge >= 0.3 is 0 Å². The molecule has 0 saturated carbocycles. The second-order valence-corrected chi connectivity index (χ2v) is 13.5. The van der Waals surface area contributed by atoms with Crippen molar-refractivity contribution in [3.05, 3.63) is 150 Å². The summed E-state index contributed by atoms with van der Waals surface area (Å²) in [6.07, 6.45) is 6.76. The molecule has 1 aromatic heterocycles. The van der Waals surface area contributed by atoms with Crippen LogP contribution in [0.25, 0.3) is 82.9 Å². The lowest BCUT2D eigenvalue weighted by Crippen LogP contribution is -2.23. The van der Waals surface area contributed by atoms with E-state index in [1.165, 1.54) is 77.0 Å². The molecule has 2 aliphatic carbocycles. The number of hydrogen-bond donors (Lipinski definition) is 0. The number of furan rings is 1. The molecule has 1 heterocycles. The van der Waals surface area contributed by atoms with E-state index in [0.717, 1.165) is 35.0 Å². The van der Waals surface area contributed by atoms with Gasteiger partial charge in [-0.15, -0.1) is 0 Å². The van der Waals surface area contributed by atoms with E-state index < -0.39 is 0 Å². The molecule has 8 aromatic rings. The molecule has 1 heteroatoms. The van der Waals surface area contributed by atoms with Crippen molar-refractivity contribution in [1.29, 1.82) is 0 Å². The molecule has 0 unspecified atom stereocenters. The zero-order valence-corrected chi connectivity index (χ0v) is 26.0. The molecule has 218 valence electrons. The van der Waals surface area contributed by atoms with Crippen LogP contribution in [0, 0.1) is 0 Å². The lowest BCUT2D eigenvalue weighted by atomic mass is 9.68. The molecule has 0 spiro atoms. The number of para-hydroxylation sites is 2. The number of benzene rings is 7. The highest BCUT2D eigenvalue weighted by Gasteiger charge is 2.34. The fourth-order valence-corrected chi connectivity index (χ4v) is 8.70. The topological polar surface area (TPSA) is 13.1 Å². The number of allylic oxidation sites excluding steroid dienone is 1. The second-order valence-electron chi connectivity index (χ2n) is 13.5. The smallest absolute Gasteiger partial charge is 0.143 e. The molecular formula is C45H32O. The Bertz CT molecular complexity index is 2610. The van der Waals surface area contributed by atoms with Gasteiger partial charge in [-0.25, -0.2) is 0 Å². The van der Waals surface area contributed by atoms with Crippen molar-refractivity contribution in [2.75, 3.05) is 0 Å². The Labute approximate surface area is 268 Å². The van der Waals surface area contributed by atoms with Crippen molar-refractivity contribution in [3.8, 4) is 33.4 Å². The summed E-state index contributed by atoms with van der Waals surface area (Å²) >= 11 is 0. The van der Waals surface area contributed by atoms with E-state index in [0.29, 0.717) is 0 Å². The van der Waals surface area contributed by atoms with E-state index >= 15 is 0 Å². The van der Waals surface area contributed by atoms with Gasteiger partial charge in [-0.2, -0.15) is 0 Å². The standard InChI is InChI=1S/C45H32O/c1-45(2)38-22-9-7-13-27(38)34-25-26-35(33-19-12-23-39(45)43(33)34)41-29-15-3-5-17-31(29)42(32-18-6-4-16-30(32)41)37-21-11-20-36-28-14-8-10-24-40(28)46-44(36)37/h3,5-15,17-26H,4,16H2,1-2H3. The quantitative estimate of drug-likeness (QED) is 0.196. The van der Waals surface area contributed by atoms with Gasteiger partial charge in [0.1, 0.15) is 11.2 Å². The first kappa shape index (κ1) is 25.9. The first-order chi connectivity index (χ1) is 22.6. The van der Waals surface area contributed by atoms with Crippen LogP contribution >= 0.6 is 0 Å². The van der Waals surface area contributed by atoms with Gasteiger partial charge in [0.05, 0.1) is 0 Å². The summed E-state index contributed by atoms with van der Waals surface area (Å²) in [4.78, 5) is 0. The molecule has 46 heavy (non-hydrogen) atoms. The summed E-state index contributed by atoms with van der Waals surface area (Å²) in [5, 5.41) is 7.63. The third-order valence-electron chi connectivity index (χ3n) is 10.8. The lowest BCUT2D eigenvalue weighted by molar-refractivity contribution is 0.645. The molecule has 10 rings (SSSR count).